The predicted octanol–water partition coefficient (Wildman–Crippen LogP) is 11.4. The number of nitrogens with zero attached hydrogens (tertiary/aromatic N) is 6. The van der Waals surface area contributed by atoms with E-state index < -0.39 is 3.79 Å². The Morgan fingerprint density at radius 2 is 1.48 bits per heavy atom. The van der Waals surface area contributed by atoms with Gasteiger partial charge in [-0.1, -0.05) is 140 Å². The number of oxime groups is 1. The van der Waals surface area contributed by atoms with Gasteiger partial charge in [0.25, 0.3) is 0 Å². The molecule has 8 nitrogen and oxygen atoms in total. The Labute approximate surface area is 328 Å². The molecule has 2 aromatic carbocycles. The highest BCUT2D eigenvalue weighted by Gasteiger charge is 2.24. The number of aromatic nitrogens is 3. The van der Waals surface area contributed by atoms with Crippen LogP contribution in [0.15, 0.2) is 90.3 Å². The van der Waals surface area contributed by atoms with Gasteiger partial charge in [0.1, 0.15) is 34.7 Å². The van der Waals surface area contributed by atoms with Crippen molar-refractivity contribution in [2.75, 3.05) is 14.2 Å². The van der Waals surface area contributed by atoms with Crippen molar-refractivity contribution in [1.29, 1.82) is 10.5 Å². The summed E-state index contributed by atoms with van der Waals surface area (Å²) in [5, 5.41) is 23.7. The van der Waals surface area contributed by atoms with Gasteiger partial charge < -0.3 is 9.57 Å². The molecular weight excluding hydrogens is 808 g/mol. The fraction of sp³-hybridized carbons (Fsp3) is 0.118. The number of pyridine rings is 3. The highest BCUT2D eigenvalue weighted by atomic mass is 35.6. The lowest BCUT2D eigenvalue weighted by Crippen LogP contribution is -2.07. The third-order valence-electron chi connectivity index (χ3n) is 6.24. The normalized spacial score (nSPS) is 10.8. The van der Waals surface area contributed by atoms with E-state index in [9.17, 15) is 0 Å². The van der Waals surface area contributed by atoms with Crippen LogP contribution in [0.25, 0.3) is 11.1 Å². The SMILES string of the molecule is CON=C(Cc1cccnc1)c1ccc(Cl)cc1Cl.COc1cc(C(Cl)(Cl)Cl)cc(Cl)n1.N#Cc1c(Cl)nc(Cl)c(C#N)c1-c1ccccc1. The van der Waals surface area contributed by atoms with Gasteiger partial charge in [-0.2, -0.15) is 10.5 Å². The standard InChI is InChI=1S/C14H12Cl2N2O.C13H5Cl2N3.C7H5Cl4NO/c1-19-18-14(7-10-3-2-6-17-9-10)12-5-4-11(15)8-13(12)16;14-12-9(6-16)11(8-4-2-1-3-5-8)10(7-17)13(15)18-12;1-13-6-3-4(7(9,10)11)2-5(8)12-6/h2-6,8-9H,7H2,1H3;1-5H;2-3H,1H3. The second-order valence-electron chi connectivity index (χ2n) is 9.51. The highest BCUT2D eigenvalue weighted by molar-refractivity contribution is 6.66. The molecule has 0 amide bonds. The van der Waals surface area contributed by atoms with Gasteiger partial charge in [-0.3, -0.25) is 4.98 Å². The number of nitriles is 2. The summed E-state index contributed by atoms with van der Waals surface area (Å²) in [4.78, 5) is 16.6. The molecule has 0 unspecified atom stereocenters. The molecule has 0 aliphatic heterocycles. The van der Waals surface area contributed by atoms with Crippen molar-refractivity contribution in [2.45, 2.75) is 10.2 Å². The largest absolute Gasteiger partial charge is 0.481 e. The molecule has 0 fully saturated rings. The van der Waals surface area contributed by atoms with E-state index >= 15 is 0 Å². The fourth-order valence-electron chi connectivity index (χ4n) is 4.07. The molecule has 0 saturated heterocycles. The van der Waals surface area contributed by atoms with Crippen LogP contribution >= 0.6 is 92.8 Å². The van der Waals surface area contributed by atoms with Crippen molar-refractivity contribution >= 4 is 98.5 Å². The summed E-state index contributed by atoms with van der Waals surface area (Å²) in [5.41, 5.74) is 4.43. The number of benzene rings is 2. The molecule has 0 saturated carbocycles. The minimum atomic E-state index is -1.51. The monoisotopic (exact) mass is 826 g/mol. The lowest BCUT2D eigenvalue weighted by molar-refractivity contribution is 0.213. The van der Waals surface area contributed by atoms with Crippen LogP contribution < -0.4 is 4.74 Å². The van der Waals surface area contributed by atoms with E-state index in [-0.39, 0.29) is 26.6 Å². The summed E-state index contributed by atoms with van der Waals surface area (Å²) in [5.74, 6) is 0.314. The quantitative estimate of drug-likeness (QED) is 0.0724. The maximum atomic E-state index is 9.14. The topological polar surface area (TPSA) is 117 Å². The Bertz CT molecular complexity index is 1990. The minimum Gasteiger partial charge on any atom is -0.481 e. The first-order valence-electron chi connectivity index (χ1n) is 13.8. The van der Waals surface area contributed by atoms with E-state index in [1.807, 2.05) is 36.4 Å². The zero-order valence-corrected chi connectivity index (χ0v) is 31.9. The van der Waals surface area contributed by atoms with E-state index in [1.54, 1.807) is 48.8 Å². The number of hydrogen-bond acceptors (Lipinski definition) is 8. The number of alkyl halides is 3. The van der Waals surface area contributed by atoms with Crippen molar-refractivity contribution in [2.24, 2.45) is 5.16 Å². The molecule has 0 bridgehead atoms. The summed E-state index contributed by atoms with van der Waals surface area (Å²) in [7, 11) is 2.97. The predicted molar refractivity (Wildman–Crippen MR) is 202 cm³/mol. The van der Waals surface area contributed by atoms with E-state index in [0.29, 0.717) is 39.0 Å². The Balaban J connectivity index is 0.000000207. The van der Waals surface area contributed by atoms with Gasteiger partial charge in [-0.05, 0) is 35.4 Å². The molecule has 3 heterocycles. The number of methoxy groups -OCH3 is 1. The minimum absolute atomic E-state index is 0.000327. The average Bonchev–Trinajstić information content (AvgIpc) is 3.08. The van der Waals surface area contributed by atoms with Crippen LogP contribution in [0.4, 0.5) is 0 Å². The summed E-state index contributed by atoms with van der Waals surface area (Å²) in [6.45, 7) is 0. The van der Waals surface area contributed by atoms with Gasteiger partial charge in [0.2, 0.25) is 9.67 Å². The van der Waals surface area contributed by atoms with Crippen LogP contribution in [0.2, 0.25) is 25.5 Å². The summed E-state index contributed by atoms with van der Waals surface area (Å²) in [6, 6.07) is 25.1. The van der Waals surface area contributed by atoms with Crippen molar-refractivity contribution in [3.05, 3.63) is 139 Å². The van der Waals surface area contributed by atoms with Gasteiger partial charge in [0.05, 0.1) is 29.0 Å². The second kappa shape index (κ2) is 19.7. The zero-order valence-electron chi connectivity index (χ0n) is 25.8. The molecule has 5 aromatic rings. The molecule has 0 N–H and O–H groups in total. The fourth-order valence-corrected chi connectivity index (χ4v) is 5.61. The van der Waals surface area contributed by atoms with Crippen LogP contribution in [0.5, 0.6) is 5.88 Å². The third kappa shape index (κ3) is 11.8. The highest BCUT2D eigenvalue weighted by Crippen LogP contribution is 2.40. The van der Waals surface area contributed by atoms with Crippen LogP contribution in [-0.4, -0.2) is 34.9 Å². The molecular formula is C34H22Cl8N6O2. The van der Waals surface area contributed by atoms with E-state index in [1.165, 1.54) is 26.4 Å². The Kier molecular flexibility index (Phi) is 16.1. The molecule has 16 heteroatoms. The smallest absolute Gasteiger partial charge is 0.216 e. The van der Waals surface area contributed by atoms with Gasteiger partial charge in [-0.15, -0.1) is 0 Å². The third-order valence-corrected chi connectivity index (χ3v) is 8.18. The van der Waals surface area contributed by atoms with Crippen molar-refractivity contribution in [3.63, 3.8) is 0 Å². The molecule has 0 spiro atoms. The maximum Gasteiger partial charge on any atom is 0.216 e. The molecule has 0 aliphatic rings. The van der Waals surface area contributed by atoms with E-state index in [0.717, 1.165) is 16.8 Å². The second-order valence-corrected chi connectivity index (χ2v) is 13.7. The summed E-state index contributed by atoms with van der Waals surface area (Å²) in [6.07, 6.45) is 4.10. The van der Waals surface area contributed by atoms with Crippen LogP contribution in [0.1, 0.15) is 27.8 Å². The first-order valence-corrected chi connectivity index (χ1v) is 16.8. The molecule has 5 rings (SSSR count). The van der Waals surface area contributed by atoms with E-state index in [2.05, 4.69) is 20.1 Å². The van der Waals surface area contributed by atoms with Crippen LogP contribution in [-0.2, 0) is 15.1 Å². The molecule has 3 aromatic heterocycles. The Hall–Kier alpha value is -3.54. The van der Waals surface area contributed by atoms with Crippen molar-refractivity contribution in [3.8, 4) is 29.1 Å². The Morgan fingerprint density at radius 3 is 2.00 bits per heavy atom. The number of rotatable bonds is 6. The van der Waals surface area contributed by atoms with Crippen LogP contribution in [0, 0.1) is 22.7 Å². The maximum absolute atomic E-state index is 9.14. The van der Waals surface area contributed by atoms with Gasteiger partial charge in [0.15, 0.2) is 0 Å². The molecule has 0 radical (unpaired) electrons. The molecule has 0 aliphatic carbocycles. The van der Waals surface area contributed by atoms with Crippen molar-refractivity contribution < 1.29 is 9.57 Å². The lowest BCUT2D eigenvalue weighted by Gasteiger charge is -2.12. The molecule has 256 valence electrons. The number of ether oxygens (including phenoxy) is 1. The first kappa shape index (κ1) is 40.9. The Morgan fingerprint density at radius 1 is 0.820 bits per heavy atom. The summed E-state index contributed by atoms with van der Waals surface area (Å²) >= 11 is 46.5. The van der Waals surface area contributed by atoms with Gasteiger partial charge in [0, 0.05) is 46.6 Å². The molecule has 50 heavy (non-hydrogen) atoms. The first-order chi connectivity index (χ1) is 23.8. The summed E-state index contributed by atoms with van der Waals surface area (Å²) < 4.78 is 3.35. The van der Waals surface area contributed by atoms with Crippen molar-refractivity contribution in [1.82, 2.24) is 15.0 Å². The lowest BCUT2D eigenvalue weighted by atomic mass is 9.98. The molecule has 0 atom stereocenters. The van der Waals surface area contributed by atoms with Gasteiger partial charge in [-0.25, -0.2) is 9.97 Å². The van der Waals surface area contributed by atoms with Gasteiger partial charge >= 0.3 is 0 Å². The number of hydrogen-bond donors (Lipinski definition) is 0. The van der Waals surface area contributed by atoms with Crippen LogP contribution in [0.3, 0.4) is 0 Å². The number of halogens is 8. The average molecular weight is 830 g/mol. The zero-order chi connectivity index (χ0) is 36.8. The van der Waals surface area contributed by atoms with E-state index in [4.69, 9.17) is 113 Å².